The van der Waals surface area contributed by atoms with Crippen molar-refractivity contribution in [1.82, 2.24) is 5.32 Å². The van der Waals surface area contributed by atoms with Gasteiger partial charge in [0.2, 0.25) is 0 Å². The maximum atomic E-state index is 11.8. The van der Waals surface area contributed by atoms with Crippen LogP contribution in [-0.2, 0) is 0 Å². The minimum atomic E-state index is -0.273. The lowest BCUT2D eigenvalue weighted by Gasteiger charge is -2.17. The minimum Gasteiger partial charge on any atom is -0.445 e. The van der Waals surface area contributed by atoms with Gasteiger partial charge in [0.15, 0.2) is 10.9 Å². The third-order valence-electron chi connectivity index (χ3n) is 2.32. The summed E-state index contributed by atoms with van der Waals surface area (Å²) >= 11 is 1.45. The summed E-state index contributed by atoms with van der Waals surface area (Å²) < 4.78 is 5.31. The first kappa shape index (κ1) is 14.1. The lowest BCUT2D eigenvalue weighted by molar-refractivity contribution is 0.0875. The van der Waals surface area contributed by atoms with Crippen molar-refractivity contribution >= 4 is 17.7 Å². The van der Waals surface area contributed by atoms with Crippen LogP contribution in [0.5, 0.6) is 0 Å². The molecule has 1 amide bonds. The maximum absolute atomic E-state index is 11.8. The number of aliphatic hydroxyl groups is 1. The second-order valence-electron chi connectivity index (χ2n) is 4.31. The summed E-state index contributed by atoms with van der Waals surface area (Å²) in [5.74, 6) is 0.437. The summed E-state index contributed by atoms with van der Waals surface area (Å²) in [7, 11) is 0. The van der Waals surface area contributed by atoms with Crippen LogP contribution in [0.2, 0.25) is 0 Å². The molecule has 0 aliphatic carbocycles. The molecular weight excluding hydrogens is 238 g/mol. The number of amides is 1. The van der Waals surface area contributed by atoms with E-state index in [1.165, 1.54) is 11.8 Å². The van der Waals surface area contributed by atoms with Crippen LogP contribution >= 0.6 is 11.8 Å². The van der Waals surface area contributed by atoms with Gasteiger partial charge in [0.1, 0.15) is 0 Å². The van der Waals surface area contributed by atoms with E-state index in [1.54, 1.807) is 12.1 Å². The lowest BCUT2D eigenvalue weighted by atomic mass is 10.0. The number of carbonyl (C=O) groups is 1. The van der Waals surface area contributed by atoms with Gasteiger partial charge in [-0.05, 0) is 30.7 Å². The largest absolute Gasteiger partial charge is 0.445 e. The van der Waals surface area contributed by atoms with Crippen molar-refractivity contribution < 1.29 is 14.3 Å². The van der Waals surface area contributed by atoms with Gasteiger partial charge in [-0.3, -0.25) is 4.79 Å². The summed E-state index contributed by atoms with van der Waals surface area (Å²) in [6.07, 6.45) is 2.63. The first-order valence-electron chi connectivity index (χ1n) is 5.62. The summed E-state index contributed by atoms with van der Waals surface area (Å²) in [5, 5.41) is 12.6. The van der Waals surface area contributed by atoms with Gasteiger partial charge < -0.3 is 14.8 Å². The third-order valence-corrected chi connectivity index (χ3v) is 2.94. The van der Waals surface area contributed by atoms with Crippen LogP contribution < -0.4 is 5.32 Å². The summed E-state index contributed by atoms with van der Waals surface area (Å²) in [6, 6.07) is 3.19. The van der Waals surface area contributed by atoms with Crippen LogP contribution in [0.25, 0.3) is 0 Å². The Morgan fingerprint density at radius 1 is 1.53 bits per heavy atom. The fourth-order valence-corrected chi connectivity index (χ4v) is 1.93. The van der Waals surface area contributed by atoms with Crippen molar-refractivity contribution in [2.45, 2.75) is 31.4 Å². The molecule has 1 unspecified atom stereocenters. The van der Waals surface area contributed by atoms with E-state index in [-0.39, 0.29) is 24.3 Å². The Morgan fingerprint density at radius 3 is 2.71 bits per heavy atom. The highest BCUT2D eigenvalue weighted by Crippen LogP contribution is 2.18. The molecule has 1 atom stereocenters. The number of nitrogens with one attached hydrogen (secondary N) is 1. The van der Waals surface area contributed by atoms with E-state index >= 15 is 0 Å². The molecule has 17 heavy (non-hydrogen) atoms. The molecule has 0 aromatic carbocycles. The van der Waals surface area contributed by atoms with Crippen LogP contribution in [-0.4, -0.2) is 29.9 Å². The van der Waals surface area contributed by atoms with Gasteiger partial charge in [0.25, 0.3) is 5.91 Å². The van der Waals surface area contributed by atoms with Crippen molar-refractivity contribution in [1.29, 1.82) is 0 Å². The molecule has 0 aliphatic rings. The minimum absolute atomic E-state index is 0.0555. The monoisotopic (exact) mass is 257 g/mol. The average molecular weight is 257 g/mol. The Bertz CT molecular complexity index is 362. The molecule has 1 heterocycles. The molecule has 0 fully saturated rings. The number of hydrogen-bond donors (Lipinski definition) is 2. The molecule has 96 valence electrons. The Morgan fingerprint density at radius 2 is 2.24 bits per heavy atom. The Balaban J connectivity index is 2.57. The van der Waals surface area contributed by atoms with Crippen molar-refractivity contribution in [3.05, 3.63) is 17.9 Å². The Hall–Kier alpha value is -0.940. The molecule has 1 aromatic rings. The van der Waals surface area contributed by atoms with Gasteiger partial charge in [-0.15, -0.1) is 0 Å². The van der Waals surface area contributed by atoms with E-state index in [9.17, 15) is 9.90 Å². The molecule has 0 spiro atoms. The van der Waals surface area contributed by atoms with Crippen LogP contribution in [0.3, 0.4) is 0 Å². The molecule has 4 nitrogen and oxygen atoms in total. The second-order valence-corrected chi connectivity index (χ2v) is 5.12. The van der Waals surface area contributed by atoms with Gasteiger partial charge in [-0.2, -0.15) is 0 Å². The number of thioether (sulfide) groups is 1. The van der Waals surface area contributed by atoms with Gasteiger partial charge >= 0.3 is 0 Å². The number of carbonyl (C=O) groups excluding carboxylic acids is 1. The van der Waals surface area contributed by atoms with E-state index in [0.717, 1.165) is 6.42 Å². The number of rotatable bonds is 6. The predicted molar refractivity (Wildman–Crippen MR) is 68.3 cm³/mol. The normalized spacial score (nSPS) is 12.8. The standard InChI is InChI=1S/C12H19NO3S/c1-8(2)6-9(7-14)13-12(15)10-4-5-11(16-10)17-3/h4-5,8-9,14H,6-7H2,1-3H3,(H,13,15). The number of furan rings is 1. The summed E-state index contributed by atoms with van der Waals surface area (Å²) in [6.45, 7) is 4.04. The molecule has 0 bridgehead atoms. The highest BCUT2D eigenvalue weighted by Gasteiger charge is 2.16. The van der Waals surface area contributed by atoms with Gasteiger partial charge in [0, 0.05) is 0 Å². The van der Waals surface area contributed by atoms with Gasteiger partial charge in [0.05, 0.1) is 12.6 Å². The molecular formula is C12H19NO3S. The second kappa shape index (κ2) is 6.71. The first-order chi connectivity index (χ1) is 8.06. The fourth-order valence-electron chi connectivity index (χ4n) is 1.56. The zero-order chi connectivity index (χ0) is 12.8. The predicted octanol–water partition coefficient (Wildman–Crippen LogP) is 2.14. The molecule has 1 rings (SSSR count). The summed E-state index contributed by atoms with van der Waals surface area (Å²) in [4.78, 5) is 11.8. The molecule has 5 heteroatoms. The van der Waals surface area contributed by atoms with E-state index in [1.807, 2.05) is 20.1 Å². The van der Waals surface area contributed by atoms with Crippen LogP contribution in [0, 0.1) is 5.92 Å². The third kappa shape index (κ3) is 4.44. The van der Waals surface area contributed by atoms with E-state index in [2.05, 4.69) is 5.32 Å². The van der Waals surface area contributed by atoms with Gasteiger partial charge in [-0.25, -0.2) is 0 Å². The molecule has 0 aliphatic heterocycles. The molecule has 0 saturated heterocycles. The number of aliphatic hydroxyl groups excluding tert-OH is 1. The summed E-state index contributed by atoms with van der Waals surface area (Å²) in [5.41, 5.74) is 0. The van der Waals surface area contributed by atoms with E-state index in [0.29, 0.717) is 11.0 Å². The van der Waals surface area contributed by atoms with Crippen LogP contribution in [0.1, 0.15) is 30.8 Å². The molecule has 0 saturated carbocycles. The van der Waals surface area contributed by atoms with Crippen LogP contribution in [0.4, 0.5) is 0 Å². The van der Waals surface area contributed by atoms with E-state index < -0.39 is 0 Å². The highest BCUT2D eigenvalue weighted by atomic mass is 32.2. The smallest absolute Gasteiger partial charge is 0.287 e. The lowest BCUT2D eigenvalue weighted by Crippen LogP contribution is -2.38. The maximum Gasteiger partial charge on any atom is 0.287 e. The Kier molecular flexibility index (Phi) is 5.58. The highest BCUT2D eigenvalue weighted by molar-refractivity contribution is 7.98. The first-order valence-corrected chi connectivity index (χ1v) is 6.84. The quantitative estimate of drug-likeness (QED) is 0.766. The molecule has 0 radical (unpaired) electrons. The molecule has 1 aromatic heterocycles. The van der Waals surface area contributed by atoms with Crippen molar-refractivity contribution in [2.75, 3.05) is 12.9 Å². The van der Waals surface area contributed by atoms with Crippen LogP contribution in [0.15, 0.2) is 21.6 Å². The zero-order valence-corrected chi connectivity index (χ0v) is 11.2. The van der Waals surface area contributed by atoms with Gasteiger partial charge in [-0.1, -0.05) is 25.6 Å². The number of hydrogen-bond acceptors (Lipinski definition) is 4. The average Bonchev–Trinajstić information content (AvgIpc) is 2.75. The zero-order valence-electron chi connectivity index (χ0n) is 10.4. The fraction of sp³-hybridized carbons (Fsp3) is 0.583. The van der Waals surface area contributed by atoms with Crippen molar-refractivity contribution in [2.24, 2.45) is 5.92 Å². The molecule has 2 N–H and O–H groups in total. The van der Waals surface area contributed by atoms with Crippen molar-refractivity contribution in [3.63, 3.8) is 0 Å². The SMILES string of the molecule is CSc1ccc(C(=O)NC(CO)CC(C)C)o1. The topological polar surface area (TPSA) is 62.5 Å². The van der Waals surface area contributed by atoms with E-state index in [4.69, 9.17) is 4.42 Å². The van der Waals surface area contributed by atoms with Crippen molar-refractivity contribution in [3.8, 4) is 0 Å². The Labute approximate surface area is 106 Å².